The molecule has 3 N–H and O–H groups in total. The average Bonchev–Trinajstić information content (AvgIpc) is 3.33. The lowest BCUT2D eigenvalue weighted by Crippen LogP contribution is -2.66. The van der Waals surface area contributed by atoms with Crippen molar-refractivity contribution in [3.63, 3.8) is 0 Å². The lowest BCUT2D eigenvalue weighted by Gasteiger charge is -2.72. The van der Waals surface area contributed by atoms with Crippen molar-refractivity contribution in [1.29, 1.82) is 0 Å². The monoisotopic (exact) mass is 698 g/mol. The summed E-state index contributed by atoms with van der Waals surface area (Å²) in [6.07, 6.45) is 6.40. The molecule has 280 valence electrons. The summed E-state index contributed by atoms with van der Waals surface area (Å²) in [6, 6.07) is 0. The van der Waals surface area contributed by atoms with Gasteiger partial charge in [-0.3, -0.25) is 19.2 Å². The first-order valence-corrected chi connectivity index (χ1v) is 18.9. The Kier molecular flexibility index (Phi) is 9.92. The first-order valence-electron chi connectivity index (χ1n) is 18.9. The van der Waals surface area contributed by atoms with Crippen molar-refractivity contribution < 1.29 is 38.6 Å². The maximum atomic E-state index is 14.2. The molecule has 0 heterocycles. The number of nitrogens with one attached hydrogen (secondary N) is 2. The van der Waals surface area contributed by atoms with E-state index in [1.54, 1.807) is 13.8 Å². The zero-order chi connectivity index (χ0) is 37.2. The third kappa shape index (κ3) is 5.79. The molecule has 5 aliphatic carbocycles. The predicted molar refractivity (Wildman–Crippen MR) is 189 cm³/mol. The fraction of sp³-hybridized carbons (Fsp3) is 0.825. The van der Waals surface area contributed by atoms with Crippen LogP contribution in [0.5, 0.6) is 0 Å². The number of methoxy groups -OCH3 is 1. The number of amides is 2. The predicted octanol–water partition coefficient (Wildman–Crippen LogP) is 6.85. The Morgan fingerprint density at radius 3 is 2.16 bits per heavy atom. The summed E-state index contributed by atoms with van der Waals surface area (Å²) in [5.74, 6) is -0.533. The van der Waals surface area contributed by atoms with Crippen molar-refractivity contribution in [3.05, 3.63) is 11.1 Å². The Balaban J connectivity index is 1.42. The van der Waals surface area contributed by atoms with Crippen molar-refractivity contribution in [1.82, 2.24) is 10.6 Å². The quantitative estimate of drug-likeness (QED) is 0.175. The lowest BCUT2D eigenvalue weighted by molar-refractivity contribution is -0.233. The van der Waals surface area contributed by atoms with Crippen LogP contribution in [0.1, 0.15) is 127 Å². The molecule has 0 spiro atoms. The van der Waals surface area contributed by atoms with Gasteiger partial charge in [-0.25, -0.2) is 4.79 Å². The molecule has 0 aliphatic heterocycles. The summed E-state index contributed by atoms with van der Waals surface area (Å²) >= 11 is 0. The number of alkyl carbamates (subject to hydrolysis) is 1. The second-order valence-corrected chi connectivity index (χ2v) is 18.7. The van der Waals surface area contributed by atoms with Crippen LogP contribution in [0.4, 0.5) is 4.79 Å². The molecule has 10 nitrogen and oxygen atoms in total. The lowest BCUT2D eigenvalue weighted by atomic mass is 9.33. The molecule has 3 unspecified atom stereocenters. The first kappa shape index (κ1) is 38.3. The van der Waals surface area contributed by atoms with Gasteiger partial charge in [0, 0.05) is 24.9 Å². The number of Topliss-reactive ketones (excluding diaryl/α,β-unsaturated/α-hetero) is 1. The van der Waals surface area contributed by atoms with E-state index in [9.17, 15) is 29.1 Å². The van der Waals surface area contributed by atoms with Crippen LogP contribution in [-0.2, 0) is 28.7 Å². The maximum Gasteiger partial charge on any atom is 0.406 e. The Morgan fingerprint density at radius 1 is 0.880 bits per heavy atom. The number of hydrogen-bond acceptors (Lipinski definition) is 7. The van der Waals surface area contributed by atoms with Gasteiger partial charge in [-0.2, -0.15) is 0 Å². The van der Waals surface area contributed by atoms with Gasteiger partial charge in [-0.15, -0.1) is 0 Å². The van der Waals surface area contributed by atoms with Crippen LogP contribution in [-0.4, -0.2) is 61.1 Å². The Hall–Kier alpha value is -2.91. The molecule has 0 aromatic rings. The molecule has 0 radical (unpaired) electrons. The fourth-order valence-electron chi connectivity index (χ4n) is 12.3. The third-order valence-corrected chi connectivity index (χ3v) is 15.1. The number of carboxylic acids is 1. The Labute approximate surface area is 298 Å². The molecule has 8 atom stereocenters. The number of esters is 1. The molecule has 10 heteroatoms. The van der Waals surface area contributed by atoms with Crippen LogP contribution in [0, 0.1) is 56.2 Å². The van der Waals surface area contributed by atoms with Gasteiger partial charge in [0.2, 0.25) is 5.91 Å². The SMILES string of the molecule is COC(=O)NCCNC(=O)[C@@]12CC[C@]3(C)[C@H](CCC4C3(C)CCC3C(C)(C)[C@@H](OC(=O)CC(C)(C)C(=O)O)CC[C@@]34C)C1=C(C(C)C)C(=O)C2. The summed E-state index contributed by atoms with van der Waals surface area (Å²) in [7, 11) is 1.30. The highest BCUT2D eigenvalue weighted by molar-refractivity contribution is 6.07. The van der Waals surface area contributed by atoms with E-state index in [0.29, 0.717) is 18.3 Å². The number of ketones is 1. The van der Waals surface area contributed by atoms with Crippen LogP contribution in [0.25, 0.3) is 0 Å². The van der Waals surface area contributed by atoms with Crippen molar-refractivity contribution in [2.45, 2.75) is 133 Å². The largest absolute Gasteiger partial charge is 0.481 e. The summed E-state index contributed by atoms with van der Waals surface area (Å²) in [5.41, 5.74) is -0.446. The van der Waals surface area contributed by atoms with E-state index in [4.69, 9.17) is 4.74 Å². The van der Waals surface area contributed by atoms with Gasteiger partial charge in [-0.05, 0) is 116 Å². The van der Waals surface area contributed by atoms with Gasteiger partial charge >= 0.3 is 18.0 Å². The minimum atomic E-state index is -1.18. The van der Waals surface area contributed by atoms with Gasteiger partial charge in [0.15, 0.2) is 5.78 Å². The highest BCUT2D eigenvalue weighted by atomic mass is 16.5. The second kappa shape index (κ2) is 12.9. The van der Waals surface area contributed by atoms with Crippen molar-refractivity contribution in [2.24, 2.45) is 56.2 Å². The van der Waals surface area contributed by atoms with Gasteiger partial charge in [-0.1, -0.05) is 48.5 Å². The van der Waals surface area contributed by atoms with Crippen LogP contribution in [0.2, 0.25) is 0 Å². The third-order valence-electron chi connectivity index (χ3n) is 15.1. The van der Waals surface area contributed by atoms with Gasteiger partial charge in [0.25, 0.3) is 0 Å². The molecular weight excluding hydrogens is 636 g/mol. The molecule has 0 aromatic carbocycles. The molecule has 0 aromatic heterocycles. The normalized spacial score (nSPS) is 37.5. The van der Waals surface area contributed by atoms with Gasteiger partial charge < -0.3 is 25.2 Å². The molecule has 4 fully saturated rings. The highest BCUT2D eigenvalue weighted by Gasteiger charge is 2.71. The molecule has 5 rings (SSSR count). The molecular formula is C40H62N2O8. The summed E-state index contributed by atoms with van der Waals surface area (Å²) in [5, 5.41) is 15.3. The maximum absolute atomic E-state index is 14.2. The molecule has 4 saturated carbocycles. The summed E-state index contributed by atoms with van der Waals surface area (Å²) in [6.45, 7) is 19.7. The van der Waals surface area contributed by atoms with Crippen LogP contribution >= 0.6 is 0 Å². The summed E-state index contributed by atoms with van der Waals surface area (Å²) < 4.78 is 10.8. The van der Waals surface area contributed by atoms with Crippen molar-refractivity contribution >= 4 is 29.7 Å². The number of fused-ring (bicyclic) bond motifs is 7. The van der Waals surface area contributed by atoms with E-state index in [1.807, 2.05) is 0 Å². The van der Waals surface area contributed by atoms with Gasteiger partial charge in [0.1, 0.15) is 6.10 Å². The van der Waals surface area contributed by atoms with Crippen molar-refractivity contribution in [2.75, 3.05) is 20.2 Å². The van der Waals surface area contributed by atoms with E-state index in [2.05, 4.69) is 63.8 Å². The number of ether oxygens (including phenoxy) is 2. The molecule has 50 heavy (non-hydrogen) atoms. The number of hydrogen-bond donors (Lipinski definition) is 3. The van der Waals surface area contributed by atoms with E-state index < -0.39 is 28.9 Å². The number of carbonyl (C=O) groups is 5. The van der Waals surface area contributed by atoms with E-state index in [1.165, 1.54) is 7.11 Å². The number of carboxylic acid groups (broad SMARTS) is 1. The second-order valence-electron chi connectivity index (χ2n) is 18.7. The number of aliphatic carboxylic acids is 1. The average molecular weight is 699 g/mol. The number of carbonyl (C=O) groups excluding carboxylic acids is 4. The van der Waals surface area contributed by atoms with Crippen LogP contribution < -0.4 is 10.6 Å². The van der Waals surface area contributed by atoms with Crippen LogP contribution in [0.3, 0.4) is 0 Å². The standard InChI is InChI=1S/C40H62N2O8/c1-23(2)30-25(43)21-40(32(45)41-19-20-42-34(48)49-10)18-17-38(8)24(31(30)40)11-12-27-37(7)15-14-28(50-29(44)22-35(3,4)33(46)47)36(5,6)26(37)13-16-39(27,38)9/h23-24,26-28H,11-22H2,1-10H3,(H,41,45)(H,42,48)(H,46,47)/t24-,26?,27?,28+,37+,38-,39?,40-/m1/s1. The highest BCUT2D eigenvalue weighted by Crippen LogP contribution is 2.76. The fourth-order valence-corrected chi connectivity index (χ4v) is 12.3. The van der Waals surface area contributed by atoms with E-state index >= 15 is 0 Å². The number of rotatable bonds is 9. The molecule has 5 aliphatic rings. The van der Waals surface area contributed by atoms with Gasteiger partial charge in [0.05, 0.1) is 24.4 Å². The molecule has 2 amide bonds. The zero-order valence-corrected chi connectivity index (χ0v) is 32.2. The topological polar surface area (TPSA) is 148 Å². The molecule has 0 saturated heterocycles. The molecule has 0 bridgehead atoms. The zero-order valence-electron chi connectivity index (χ0n) is 32.2. The number of allylic oxidation sites excluding steroid dienone is 1. The minimum absolute atomic E-state index is 0.0138. The van der Waals surface area contributed by atoms with E-state index in [-0.39, 0.29) is 77.2 Å². The minimum Gasteiger partial charge on any atom is -0.481 e. The smallest absolute Gasteiger partial charge is 0.406 e. The Morgan fingerprint density at radius 2 is 1.54 bits per heavy atom. The van der Waals surface area contributed by atoms with E-state index in [0.717, 1.165) is 56.1 Å². The first-order chi connectivity index (χ1) is 23.1. The summed E-state index contributed by atoms with van der Waals surface area (Å²) in [4.78, 5) is 64.4. The Bertz CT molecular complexity index is 1460. The van der Waals surface area contributed by atoms with Crippen molar-refractivity contribution in [3.8, 4) is 0 Å². The van der Waals surface area contributed by atoms with Crippen LogP contribution in [0.15, 0.2) is 11.1 Å².